The third-order valence-electron chi connectivity index (χ3n) is 3.64. The van der Waals surface area contributed by atoms with Crippen LogP contribution in [0.4, 0.5) is 0 Å². The zero-order valence-electron chi connectivity index (χ0n) is 10.8. The Labute approximate surface area is 110 Å². The lowest BCUT2D eigenvalue weighted by Crippen LogP contribution is -2.31. The van der Waals surface area contributed by atoms with E-state index in [2.05, 4.69) is 22.0 Å². The van der Waals surface area contributed by atoms with Gasteiger partial charge in [0.2, 0.25) is 0 Å². The van der Waals surface area contributed by atoms with Crippen molar-refractivity contribution in [3.05, 3.63) is 29.7 Å². The summed E-state index contributed by atoms with van der Waals surface area (Å²) in [5, 5.41) is 13.6. The summed E-state index contributed by atoms with van der Waals surface area (Å²) in [6, 6.07) is 3.79. The topological polar surface area (TPSA) is 70.7 Å². The molecule has 2 aromatic heterocycles. The minimum Gasteiger partial charge on any atom is -0.476 e. The van der Waals surface area contributed by atoms with Gasteiger partial charge in [-0.15, -0.1) is 0 Å². The van der Waals surface area contributed by atoms with Gasteiger partial charge >= 0.3 is 5.97 Å². The molecule has 6 heteroatoms. The number of aromatic nitrogens is 3. The van der Waals surface area contributed by atoms with E-state index < -0.39 is 5.97 Å². The third kappa shape index (κ3) is 2.19. The number of rotatable bonds is 2. The molecule has 1 aliphatic heterocycles. The predicted octanol–water partition coefficient (Wildman–Crippen LogP) is 1.24. The summed E-state index contributed by atoms with van der Waals surface area (Å²) < 4.78 is 1.42. The second-order valence-corrected chi connectivity index (χ2v) is 5.08. The number of hydrogen-bond acceptors (Lipinski definition) is 4. The molecule has 6 nitrogen and oxygen atoms in total. The highest BCUT2D eigenvalue weighted by Gasteiger charge is 2.21. The van der Waals surface area contributed by atoms with E-state index in [-0.39, 0.29) is 5.69 Å². The van der Waals surface area contributed by atoms with Gasteiger partial charge in [0.05, 0.1) is 11.9 Å². The number of piperidine rings is 1. The van der Waals surface area contributed by atoms with Gasteiger partial charge in [-0.1, -0.05) is 0 Å². The van der Waals surface area contributed by atoms with E-state index in [4.69, 9.17) is 5.11 Å². The molecule has 0 aromatic carbocycles. The standard InChI is InChI=1S/C13H16N4O2/c1-16-6-2-3-9(8-16)10-4-5-12-14-7-11(13(18)19)17(12)15-10/h4-5,7,9H,2-3,6,8H2,1H3,(H,18,19). The second-order valence-electron chi connectivity index (χ2n) is 5.08. The summed E-state index contributed by atoms with van der Waals surface area (Å²) in [5.41, 5.74) is 1.63. The van der Waals surface area contributed by atoms with Crippen LogP contribution >= 0.6 is 0 Å². The van der Waals surface area contributed by atoms with Crippen molar-refractivity contribution in [1.29, 1.82) is 0 Å². The van der Waals surface area contributed by atoms with Crippen molar-refractivity contribution in [2.24, 2.45) is 0 Å². The Kier molecular flexibility index (Phi) is 2.94. The van der Waals surface area contributed by atoms with Crippen molar-refractivity contribution < 1.29 is 9.90 Å². The Morgan fingerprint density at radius 3 is 3.05 bits per heavy atom. The molecule has 1 atom stereocenters. The highest BCUT2D eigenvalue weighted by Crippen LogP contribution is 2.24. The number of carboxylic acids is 1. The normalized spacial score (nSPS) is 20.8. The Hall–Kier alpha value is -1.95. The van der Waals surface area contributed by atoms with Crippen LogP contribution in [0.3, 0.4) is 0 Å². The van der Waals surface area contributed by atoms with E-state index in [1.807, 2.05) is 12.1 Å². The number of carboxylic acid groups (broad SMARTS) is 1. The van der Waals surface area contributed by atoms with Gasteiger partial charge in [-0.05, 0) is 38.6 Å². The first-order valence-electron chi connectivity index (χ1n) is 6.41. The largest absolute Gasteiger partial charge is 0.476 e. The zero-order chi connectivity index (χ0) is 13.4. The maximum Gasteiger partial charge on any atom is 0.356 e. The van der Waals surface area contributed by atoms with Crippen LogP contribution in [0.25, 0.3) is 5.65 Å². The summed E-state index contributed by atoms with van der Waals surface area (Å²) >= 11 is 0. The summed E-state index contributed by atoms with van der Waals surface area (Å²) in [6.07, 6.45) is 3.60. The van der Waals surface area contributed by atoms with E-state index in [0.29, 0.717) is 11.6 Å². The molecule has 1 saturated heterocycles. The Morgan fingerprint density at radius 2 is 2.32 bits per heavy atom. The molecule has 1 unspecified atom stereocenters. The average Bonchev–Trinajstić information content (AvgIpc) is 2.81. The zero-order valence-corrected chi connectivity index (χ0v) is 10.8. The molecule has 1 fully saturated rings. The molecule has 2 aromatic rings. The van der Waals surface area contributed by atoms with Crippen LogP contribution in [0.2, 0.25) is 0 Å². The minimum atomic E-state index is -1.00. The van der Waals surface area contributed by atoms with Crippen molar-refractivity contribution in [2.45, 2.75) is 18.8 Å². The first-order chi connectivity index (χ1) is 9.15. The highest BCUT2D eigenvalue weighted by atomic mass is 16.4. The monoisotopic (exact) mass is 260 g/mol. The molecular formula is C13H16N4O2. The fourth-order valence-electron chi connectivity index (χ4n) is 2.66. The lowest BCUT2D eigenvalue weighted by molar-refractivity contribution is 0.0688. The van der Waals surface area contributed by atoms with Gasteiger partial charge in [-0.3, -0.25) is 0 Å². The number of hydrogen-bond donors (Lipinski definition) is 1. The number of aromatic carboxylic acids is 1. The van der Waals surface area contributed by atoms with E-state index in [9.17, 15) is 4.79 Å². The predicted molar refractivity (Wildman–Crippen MR) is 69.4 cm³/mol. The van der Waals surface area contributed by atoms with Crippen LogP contribution in [0.5, 0.6) is 0 Å². The molecule has 0 amide bonds. The Balaban J connectivity index is 2.00. The van der Waals surface area contributed by atoms with E-state index in [1.54, 1.807) is 0 Å². The number of fused-ring (bicyclic) bond motifs is 1. The second kappa shape index (κ2) is 4.62. The first kappa shape index (κ1) is 12.1. The van der Waals surface area contributed by atoms with E-state index >= 15 is 0 Å². The number of imidazole rings is 1. The molecule has 0 spiro atoms. The molecule has 3 heterocycles. The summed E-state index contributed by atoms with van der Waals surface area (Å²) in [5.74, 6) is -0.634. The number of carbonyl (C=O) groups is 1. The van der Waals surface area contributed by atoms with Crippen LogP contribution in [0.15, 0.2) is 18.3 Å². The van der Waals surface area contributed by atoms with Crippen LogP contribution < -0.4 is 0 Å². The van der Waals surface area contributed by atoms with E-state index in [1.165, 1.54) is 10.7 Å². The fraction of sp³-hybridized carbons (Fsp3) is 0.462. The number of likely N-dealkylation sites (tertiary alicyclic amines) is 1. The van der Waals surface area contributed by atoms with Crippen molar-refractivity contribution in [3.63, 3.8) is 0 Å². The number of nitrogens with zero attached hydrogens (tertiary/aromatic N) is 4. The molecule has 0 bridgehead atoms. The van der Waals surface area contributed by atoms with Crippen molar-refractivity contribution in [1.82, 2.24) is 19.5 Å². The quantitative estimate of drug-likeness (QED) is 0.879. The fourth-order valence-corrected chi connectivity index (χ4v) is 2.66. The SMILES string of the molecule is CN1CCCC(c2ccc3ncc(C(=O)O)n3n2)C1. The summed E-state index contributed by atoms with van der Waals surface area (Å²) in [6.45, 7) is 2.08. The average molecular weight is 260 g/mol. The van der Waals surface area contributed by atoms with Crippen molar-refractivity contribution in [3.8, 4) is 0 Å². The molecule has 1 N–H and O–H groups in total. The molecule has 19 heavy (non-hydrogen) atoms. The molecule has 0 aliphatic carbocycles. The number of likely N-dealkylation sites (N-methyl/N-ethyl adjacent to an activating group) is 1. The highest BCUT2D eigenvalue weighted by molar-refractivity contribution is 5.86. The van der Waals surface area contributed by atoms with E-state index in [0.717, 1.165) is 31.6 Å². The maximum atomic E-state index is 11.1. The Bertz CT molecular complexity index is 622. The molecule has 0 saturated carbocycles. The van der Waals surface area contributed by atoms with Gasteiger partial charge < -0.3 is 10.0 Å². The van der Waals surface area contributed by atoms with Gasteiger partial charge in [-0.2, -0.15) is 5.10 Å². The van der Waals surface area contributed by atoms with Crippen LogP contribution in [-0.2, 0) is 0 Å². The lowest BCUT2D eigenvalue weighted by Gasteiger charge is -2.29. The van der Waals surface area contributed by atoms with Gasteiger partial charge in [0.25, 0.3) is 0 Å². The summed E-state index contributed by atoms with van der Waals surface area (Å²) in [7, 11) is 2.10. The molecule has 100 valence electrons. The van der Waals surface area contributed by atoms with Crippen molar-refractivity contribution >= 4 is 11.6 Å². The van der Waals surface area contributed by atoms with Gasteiger partial charge in [-0.25, -0.2) is 14.3 Å². The molecule has 1 aliphatic rings. The third-order valence-corrected chi connectivity index (χ3v) is 3.64. The lowest BCUT2D eigenvalue weighted by atomic mass is 9.95. The molecule has 0 radical (unpaired) electrons. The Morgan fingerprint density at radius 1 is 1.47 bits per heavy atom. The van der Waals surface area contributed by atoms with Gasteiger partial charge in [0, 0.05) is 12.5 Å². The molecule has 3 rings (SSSR count). The van der Waals surface area contributed by atoms with Crippen molar-refractivity contribution in [2.75, 3.05) is 20.1 Å². The van der Waals surface area contributed by atoms with Crippen LogP contribution in [0.1, 0.15) is 34.9 Å². The van der Waals surface area contributed by atoms with Crippen LogP contribution in [0, 0.1) is 0 Å². The maximum absolute atomic E-state index is 11.1. The molecular weight excluding hydrogens is 244 g/mol. The summed E-state index contributed by atoms with van der Waals surface area (Å²) in [4.78, 5) is 17.4. The van der Waals surface area contributed by atoms with Gasteiger partial charge in [0.1, 0.15) is 0 Å². The van der Waals surface area contributed by atoms with Crippen LogP contribution in [-0.4, -0.2) is 50.7 Å². The first-order valence-corrected chi connectivity index (χ1v) is 6.41. The minimum absolute atomic E-state index is 0.112. The smallest absolute Gasteiger partial charge is 0.356 e. The van der Waals surface area contributed by atoms with Gasteiger partial charge in [0.15, 0.2) is 11.3 Å².